The largest absolute Gasteiger partial charge is 0.312 e. The van der Waals surface area contributed by atoms with Crippen molar-refractivity contribution in [1.82, 2.24) is 10.9 Å². The first-order valence-corrected chi connectivity index (χ1v) is 9.96. The summed E-state index contributed by atoms with van der Waals surface area (Å²) in [6.45, 7) is 0.261. The van der Waals surface area contributed by atoms with Gasteiger partial charge in [0.1, 0.15) is 5.82 Å². The fraction of sp³-hybridized carbons (Fsp3) is 0.250. The van der Waals surface area contributed by atoms with Crippen LogP contribution in [-0.2, 0) is 20.8 Å². The highest BCUT2D eigenvalue weighted by Gasteiger charge is 2.35. The van der Waals surface area contributed by atoms with Gasteiger partial charge < -0.3 is 4.90 Å². The van der Waals surface area contributed by atoms with Gasteiger partial charge >= 0.3 is 0 Å². The minimum Gasteiger partial charge on any atom is -0.312 e. The highest BCUT2D eigenvalue weighted by atomic mass is 32.2. The van der Waals surface area contributed by atoms with Crippen LogP contribution in [0.1, 0.15) is 12.0 Å². The Labute approximate surface area is 166 Å². The third-order valence-corrected chi connectivity index (χ3v) is 5.23. The van der Waals surface area contributed by atoms with Gasteiger partial charge in [-0.1, -0.05) is 12.1 Å². The number of amides is 3. The molecule has 3 amide bonds. The highest BCUT2D eigenvalue weighted by molar-refractivity contribution is 7.98. The van der Waals surface area contributed by atoms with E-state index in [9.17, 15) is 18.8 Å². The Morgan fingerprint density at radius 3 is 2.43 bits per heavy atom. The van der Waals surface area contributed by atoms with Crippen molar-refractivity contribution >= 4 is 35.2 Å². The van der Waals surface area contributed by atoms with Crippen molar-refractivity contribution in [2.75, 3.05) is 17.7 Å². The minimum absolute atomic E-state index is 0.0120. The van der Waals surface area contributed by atoms with Crippen molar-refractivity contribution in [3.63, 3.8) is 0 Å². The lowest BCUT2D eigenvalue weighted by atomic mass is 10.1. The Hall–Kier alpha value is -2.87. The fourth-order valence-electron chi connectivity index (χ4n) is 2.96. The van der Waals surface area contributed by atoms with E-state index in [0.717, 1.165) is 10.6 Å². The molecule has 0 spiro atoms. The minimum atomic E-state index is -0.543. The Morgan fingerprint density at radius 1 is 1.11 bits per heavy atom. The van der Waals surface area contributed by atoms with E-state index in [1.165, 1.54) is 24.3 Å². The van der Waals surface area contributed by atoms with E-state index in [0.29, 0.717) is 5.56 Å². The van der Waals surface area contributed by atoms with E-state index in [1.807, 2.05) is 30.5 Å². The van der Waals surface area contributed by atoms with Crippen LogP contribution in [0, 0.1) is 11.7 Å². The molecule has 8 heteroatoms. The molecule has 1 aliphatic rings. The summed E-state index contributed by atoms with van der Waals surface area (Å²) in [5.41, 5.74) is 6.09. The van der Waals surface area contributed by atoms with Crippen molar-refractivity contribution in [2.45, 2.75) is 17.7 Å². The predicted octanol–water partition coefficient (Wildman–Crippen LogP) is 2.29. The van der Waals surface area contributed by atoms with E-state index >= 15 is 0 Å². The zero-order valence-electron chi connectivity index (χ0n) is 15.3. The van der Waals surface area contributed by atoms with Gasteiger partial charge in [-0.2, -0.15) is 0 Å². The molecule has 28 heavy (non-hydrogen) atoms. The van der Waals surface area contributed by atoms with E-state index in [-0.39, 0.29) is 31.1 Å². The normalized spacial score (nSPS) is 16.1. The summed E-state index contributed by atoms with van der Waals surface area (Å²) in [4.78, 5) is 39.2. The number of rotatable bonds is 5. The second-order valence-corrected chi connectivity index (χ2v) is 7.32. The quantitative estimate of drug-likeness (QED) is 0.595. The average molecular weight is 401 g/mol. The smallest absolute Gasteiger partial charge is 0.243 e. The number of anilines is 1. The molecule has 1 aliphatic heterocycles. The lowest BCUT2D eigenvalue weighted by molar-refractivity contribution is -0.131. The molecule has 2 N–H and O–H groups in total. The number of benzene rings is 2. The third kappa shape index (κ3) is 4.89. The highest BCUT2D eigenvalue weighted by Crippen LogP contribution is 2.27. The molecule has 1 fully saturated rings. The first kappa shape index (κ1) is 19.9. The third-order valence-electron chi connectivity index (χ3n) is 4.48. The maximum Gasteiger partial charge on any atom is 0.243 e. The molecule has 146 valence electrons. The van der Waals surface area contributed by atoms with Crippen LogP contribution in [0.25, 0.3) is 0 Å². The molecule has 1 heterocycles. The van der Waals surface area contributed by atoms with Gasteiger partial charge in [0, 0.05) is 23.5 Å². The average Bonchev–Trinajstić information content (AvgIpc) is 3.10. The number of nitrogens with one attached hydrogen (secondary N) is 2. The number of hydrazine groups is 1. The zero-order chi connectivity index (χ0) is 20.1. The summed E-state index contributed by atoms with van der Waals surface area (Å²) in [6, 6.07) is 13.1. The summed E-state index contributed by atoms with van der Waals surface area (Å²) in [5.74, 6) is -1.89. The van der Waals surface area contributed by atoms with Gasteiger partial charge in [-0.05, 0) is 48.2 Å². The van der Waals surface area contributed by atoms with Crippen LogP contribution in [0.4, 0.5) is 10.1 Å². The van der Waals surface area contributed by atoms with Crippen LogP contribution in [0.15, 0.2) is 53.4 Å². The van der Waals surface area contributed by atoms with Crippen molar-refractivity contribution in [3.05, 3.63) is 59.9 Å². The molecule has 0 bridgehead atoms. The molecular formula is C20H20FN3O3S. The number of carbonyl (C=O) groups is 3. The van der Waals surface area contributed by atoms with E-state index in [4.69, 9.17) is 0 Å². The summed E-state index contributed by atoms with van der Waals surface area (Å²) >= 11 is 1.61. The van der Waals surface area contributed by atoms with Gasteiger partial charge in [-0.25, -0.2) is 4.39 Å². The molecule has 1 unspecified atom stereocenters. The second kappa shape index (κ2) is 8.88. The zero-order valence-corrected chi connectivity index (χ0v) is 16.1. The second-order valence-electron chi connectivity index (χ2n) is 6.44. The number of hydrogen-bond donors (Lipinski definition) is 2. The lowest BCUT2D eigenvalue weighted by Gasteiger charge is -2.17. The number of thioether (sulfide) groups is 1. The van der Waals surface area contributed by atoms with Crippen LogP contribution in [0.3, 0.4) is 0 Å². The van der Waals surface area contributed by atoms with Crippen molar-refractivity contribution in [2.24, 2.45) is 5.92 Å². The molecule has 1 saturated heterocycles. The molecule has 6 nitrogen and oxygen atoms in total. The van der Waals surface area contributed by atoms with E-state index in [1.54, 1.807) is 16.7 Å². The number of carbonyl (C=O) groups excluding carboxylic acids is 3. The maximum absolute atomic E-state index is 12.9. The van der Waals surface area contributed by atoms with Crippen LogP contribution in [0.2, 0.25) is 0 Å². The first-order chi connectivity index (χ1) is 13.5. The monoisotopic (exact) mass is 401 g/mol. The molecule has 2 aromatic rings. The summed E-state index contributed by atoms with van der Waals surface area (Å²) in [5, 5.41) is 0. The fourth-order valence-corrected chi connectivity index (χ4v) is 3.37. The summed E-state index contributed by atoms with van der Waals surface area (Å²) in [6.07, 6.45) is 2.07. The molecule has 0 aliphatic carbocycles. The molecule has 1 atom stereocenters. The van der Waals surface area contributed by atoms with Crippen LogP contribution >= 0.6 is 11.8 Å². The standard InChI is InChI=1S/C20H20FN3O3S/c1-28-17-8-6-16(7-9-17)24-12-14(11-19(24)26)20(27)23-22-18(25)10-13-2-4-15(21)5-3-13/h2-9,14H,10-12H2,1H3,(H,22,25)(H,23,27). The van der Waals surface area contributed by atoms with Gasteiger partial charge in [0.2, 0.25) is 17.7 Å². The molecule has 0 saturated carbocycles. The number of hydrogen-bond acceptors (Lipinski definition) is 4. The van der Waals surface area contributed by atoms with Crippen LogP contribution in [0.5, 0.6) is 0 Å². The molecule has 0 aromatic heterocycles. The Morgan fingerprint density at radius 2 is 1.79 bits per heavy atom. The Bertz CT molecular complexity index is 871. The first-order valence-electron chi connectivity index (χ1n) is 8.74. The summed E-state index contributed by atoms with van der Waals surface area (Å²) < 4.78 is 12.9. The molecule has 2 aromatic carbocycles. The van der Waals surface area contributed by atoms with E-state index < -0.39 is 17.7 Å². The SMILES string of the molecule is CSc1ccc(N2CC(C(=O)NNC(=O)Cc3ccc(F)cc3)CC2=O)cc1. The van der Waals surface area contributed by atoms with Gasteiger partial charge in [0.15, 0.2) is 0 Å². The summed E-state index contributed by atoms with van der Waals surface area (Å²) in [7, 11) is 0. The van der Waals surface area contributed by atoms with Crippen LogP contribution < -0.4 is 15.8 Å². The van der Waals surface area contributed by atoms with Gasteiger partial charge in [-0.15, -0.1) is 11.8 Å². The Balaban J connectivity index is 1.51. The topological polar surface area (TPSA) is 78.5 Å². The lowest BCUT2D eigenvalue weighted by Crippen LogP contribution is -2.45. The maximum atomic E-state index is 12.9. The van der Waals surface area contributed by atoms with Gasteiger partial charge in [0.25, 0.3) is 0 Å². The van der Waals surface area contributed by atoms with Crippen molar-refractivity contribution in [3.8, 4) is 0 Å². The Kier molecular flexibility index (Phi) is 6.30. The number of halogens is 1. The molecular weight excluding hydrogens is 381 g/mol. The number of nitrogens with zero attached hydrogens (tertiary/aromatic N) is 1. The van der Waals surface area contributed by atoms with Crippen LogP contribution in [-0.4, -0.2) is 30.5 Å². The van der Waals surface area contributed by atoms with Crippen molar-refractivity contribution < 1.29 is 18.8 Å². The van der Waals surface area contributed by atoms with Gasteiger partial charge in [0.05, 0.1) is 12.3 Å². The van der Waals surface area contributed by atoms with Crippen molar-refractivity contribution in [1.29, 1.82) is 0 Å². The molecule has 0 radical (unpaired) electrons. The predicted molar refractivity (Wildman–Crippen MR) is 105 cm³/mol. The van der Waals surface area contributed by atoms with E-state index in [2.05, 4.69) is 10.9 Å². The van der Waals surface area contributed by atoms with Gasteiger partial charge in [-0.3, -0.25) is 25.2 Å². The molecule has 3 rings (SSSR count).